The van der Waals surface area contributed by atoms with Crippen molar-refractivity contribution >= 4 is 6.09 Å². The molecule has 0 bridgehead atoms. The van der Waals surface area contributed by atoms with Crippen molar-refractivity contribution in [1.29, 1.82) is 5.26 Å². The molecule has 120 valence electrons. The zero-order valence-electron chi connectivity index (χ0n) is 13.3. The number of benzene rings is 1. The van der Waals surface area contributed by atoms with Gasteiger partial charge in [-0.15, -0.1) is 0 Å². The van der Waals surface area contributed by atoms with E-state index < -0.39 is 17.5 Å². The molecular weight excluding hydrogens is 287 g/mol. The highest BCUT2D eigenvalue weighted by Crippen LogP contribution is 2.15. The van der Waals surface area contributed by atoms with E-state index in [-0.39, 0.29) is 18.8 Å². The molecule has 0 aliphatic heterocycles. The second-order valence-corrected chi connectivity index (χ2v) is 5.86. The van der Waals surface area contributed by atoms with Crippen molar-refractivity contribution < 1.29 is 18.7 Å². The van der Waals surface area contributed by atoms with Gasteiger partial charge in [-0.25, -0.2) is 9.18 Å². The third kappa shape index (κ3) is 6.10. The number of ether oxygens (including phenoxy) is 2. The molecule has 0 spiro atoms. The number of hydrogen-bond donors (Lipinski definition) is 1. The van der Waals surface area contributed by atoms with Crippen molar-refractivity contribution in [3.63, 3.8) is 0 Å². The Bertz CT molecular complexity index is 551. The lowest BCUT2D eigenvalue weighted by molar-refractivity contribution is 0.0494. The minimum Gasteiger partial charge on any atom is -0.444 e. The molecule has 0 aliphatic carbocycles. The number of nitrogens with zero attached hydrogens (tertiary/aromatic N) is 1. The molecule has 5 nitrogen and oxygen atoms in total. The summed E-state index contributed by atoms with van der Waals surface area (Å²) < 4.78 is 24.0. The van der Waals surface area contributed by atoms with Crippen molar-refractivity contribution in [1.82, 2.24) is 5.32 Å². The molecule has 1 rings (SSSR count). The van der Waals surface area contributed by atoms with Gasteiger partial charge in [-0.3, -0.25) is 0 Å². The molecule has 1 N–H and O–H groups in total. The molecule has 0 saturated heterocycles. The molecule has 0 fully saturated rings. The zero-order valence-corrected chi connectivity index (χ0v) is 13.3. The van der Waals surface area contributed by atoms with Crippen molar-refractivity contribution in [2.75, 3.05) is 13.2 Å². The first kappa shape index (κ1) is 17.9. The maximum Gasteiger partial charge on any atom is 0.407 e. The van der Waals surface area contributed by atoms with Crippen LogP contribution < -0.4 is 5.32 Å². The predicted octanol–water partition coefficient (Wildman–Crippen LogP) is 3.05. The van der Waals surface area contributed by atoms with Crippen LogP contribution in [0.15, 0.2) is 12.1 Å². The Hall–Kier alpha value is -2.13. The number of aryl methyl sites for hydroxylation is 1. The largest absolute Gasteiger partial charge is 0.444 e. The van der Waals surface area contributed by atoms with Crippen LogP contribution in [-0.4, -0.2) is 24.8 Å². The smallest absolute Gasteiger partial charge is 0.407 e. The van der Waals surface area contributed by atoms with Gasteiger partial charge in [-0.2, -0.15) is 5.26 Å². The summed E-state index contributed by atoms with van der Waals surface area (Å²) in [7, 11) is 0. The molecule has 0 unspecified atom stereocenters. The third-order valence-corrected chi connectivity index (χ3v) is 2.64. The van der Waals surface area contributed by atoms with Crippen LogP contribution in [0.5, 0.6) is 0 Å². The van der Waals surface area contributed by atoms with Gasteiger partial charge in [0.2, 0.25) is 0 Å². The number of hydrogen-bond acceptors (Lipinski definition) is 4. The maximum absolute atomic E-state index is 13.6. The fourth-order valence-electron chi connectivity index (χ4n) is 1.77. The van der Waals surface area contributed by atoms with E-state index in [0.29, 0.717) is 17.7 Å². The van der Waals surface area contributed by atoms with Crippen LogP contribution in [-0.2, 0) is 16.1 Å². The van der Waals surface area contributed by atoms with Crippen molar-refractivity contribution in [3.05, 3.63) is 34.6 Å². The van der Waals surface area contributed by atoms with Crippen LogP contribution in [0.2, 0.25) is 0 Å². The molecule has 1 aromatic rings. The van der Waals surface area contributed by atoms with Crippen LogP contribution in [0.1, 0.15) is 37.5 Å². The van der Waals surface area contributed by atoms with Gasteiger partial charge in [0, 0.05) is 6.54 Å². The summed E-state index contributed by atoms with van der Waals surface area (Å²) >= 11 is 0. The van der Waals surface area contributed by atoms with Gasteiger partial charge >= 0.3 is 6.09 Å². The first-order chi connectivity index (χ1) is 10.2. The van der Waals surface area contributed by atoms with E-state index in [2.05, 4.69) is 5.32 Å². The number of carbonyl (C=O) groups is 1. The summed E-state index contributed by atoms with van der Waals surface area (Å²) in [6.45, 7) is 7.81. The lowest BCUT2D eigenvalue weighted by Crippen LogP contribution is -2.34. The Morgan fingerprint density at radius 2 is 2.09 bits per heavy atom. The standard InChI is InChI=1S/C16H21FN2O3/c1-11-7-12(8-14(17)13(11)9-18)10-21-6-5-19-15(20)22-16(2,3)4/h7-8H,5-6,10H2,1-4H3,(H,19,20). The van der Waals surface area contributed by atoms with E-state index in [0.717, 1.165) is 0 Å². The van der Waals surface area contributed by atoms with Crippen molar-refractivity contribution in [3.8, 4) is 6.07 Å². The predicted molar refractivity (Wildman–Crippen MR) is 79.7 cm³/mol. The van der Waals surface area contributed by atoms with E-state index in [4.69, 9.17) is 14.7 Å². The molecule has 0 heterocycles. The van der Waals surface area contributed by atoms with E-state index in [1.807, 2.05) is 6.07 Å². The van der Waals surface area contributed by atoms with Crippen molar-refractivity contribution in [2.24, 2.45) is 0 Å². The quantitative estimate of drug-likeness (QED) is 0.849. The molecule has 0 radical (unpaired) electrons. The minimum atomic E-state index is -0.548. The zero-order chi connectivity index (χ0) is 16.8. The number of amides is 1. The highest BCUT2D eigenvalue weighted by Gasteiger charge is 2.15. The van der Waals surface area contributed by atoms with Crippen LogP contribution in [0.25, 0.3) is 0 Å². The summed E-state index contributed by atoms with van der Waals surface area (Å²) in [4.78, 5) is 11.4. The number of nitriles is 1. The number of halogens is 1. The highest BCUT2D eigenvalue weighted by atomic mass is 19.1. The molecule has 0 saturated carbocycles. The molecule has 0 atom stereocenters. The van der Waals surface area contributed by atoms with Crippen LogP contribution in [0, 0.1) is 24.1 Å². The first-order valence-electron chi connectivity index (χ1n) is 6.96. The van der Waals surface area contributed by atoms with Crippen LogP contribution in [0.3, 0.4) is 0 Å². The van der Waals surface area contributed by atoms with Crippen LogP contribution in [0.4, 0.5) is 9.18 Å². The Balaban J connectivity index is 2.34. The van der Waals surface area contributed by atoms with Gasteiger partial charge in [0.1, 0.15) is 17.5 Å². The summed E-state index contributed by atoms with van der Waals surface area (Å²) in [5, 5.41) is 11.4. The Morgan fingerprint density at radius 1 is 1.41 bits per heavy atom. The number of rotatable bonds is 5. The molecule has 1 aromatic carbocycles. The molecule has 1 amide bonds. The second kappa shape index (κ2) is 7.76. The Labute approximate surface area is 130 Å². The van der Waals surface area contributed by atoms with Crippen LogP contribution >= 0.6 is 0 Å². The number of carbonyl (C=O) groups excluding carboxylic acids is 1. The number of alkyl carbamates (subject to hydrolysis) is 1. The van der Waals surface area contributed by atoms with Gasteiger partial charge in [0.25, 0.3) is 0 Å². The lowest BCUT2D eigenvalue weighted by atomic mass is 10.1. The molecule has 0 aromatic heterocycles. The summed E-state index contributed by atoms with van der Waals surface area (Å²) in [6.07, 6.45) is -0.503. The molecule has 0 aliphatic rings. The highest BCUT2D eigenvalue weighted by molar-refractivity contribution is 5.67. The van der Waals surface area contributed by atoms with Gasteiger partial charge < -0.3 is 14.8 Å². The third-order valence-electron chi connectivity index (χ3n) is 2.64. The van der Waals surface area contributed by atoms with Gasteiger partial charge in [0.05, 0.1) is 18.8 Å². The topological polar surface area (TPSA) is 71.3 Å². The molecule has 6 heteroatoms. The SMILES string of the molecule is Cc1cc(COCCNC(=O)OC(C)(C)C)cc(F)c1C#N. The first-order valence-corrected chi connectivity index (χ1v) is 6.96. The maximum atomic E-state index is 13.6. The fourth-order valence-corrected chi connectivity index (χ4v) is 1.77. The summed E-state index contributed by atoms with van der Waals surface area (Å²) in [6, 6.07) is 4.82. The number of nitrogens with one attached hydrogen (secondary N) is 1. The summed E-state index contributed by atoms with van der Waals surface area (Å²) in [5.74, 6) is -0.548. The lowest BCUT2D eigenvalue weighted by Gasteiger charge is -2.19. The average molecular weight is 308 g/mol. The minimum absolute atomic E-state index is 0.0512. The van der Waals surface area contributed by atoms with E-state index >= 15 is 0 Å². The Morgan fingerprint density at radius 3 is 2.64 bits per heavy atom. The monoisotopic (exact) mass is 308 g/mol. The Kier molecular flexibility index (Phi) is 6.32. The molecular formula is C16H21FN2O3. The van der Waals surface area contributed by atoms with Gasteiger partial charge in [0.15, 0.2) is 0 Å². The van der Waals surface area contributed by atoms with E-state index in [9.17, 15) is 9.18 Å². The van der Waals surface area contributed by atoms with Gasteiger partial charge in [-0.05, 0) is 44.9 Å². The van der Waals surface area contributed by atoms with Crippen molar-refractivity contribution in [2.45, 2.75) is 39.9 Å². The fraction of sp³-hybridized carbons (Fsp3) is 0.500. The molecule has 22 heavy (non-hydrogen) atoms. The second-order valence-electron chi connectivity index (χ2n) is 5.86. The average Bonchev–Trinajstić information content (AvgIpc) is 2.35. The van der Waals surface area contributed by atoms with E-state index in [1.165, 1.54) is 6.07 Å². The van der Waals surface area contributed by atoms with E-state index in [1.54, 1.807) is 33.8 Å². The normalized spacial score (nSPS) is 10.9. The summed E-state index contributed by atoms with van der Waals surface area (Å²) in [5.41, 5.74) is 0.734. The van der Waals surface area contributed by atoms with Gasteiger partial charge in [-0.1, -0.05) is 6.07 Å².